The van der Waals surface area contributed by atoms with E-state index in [1.54, 1.807) is 7.11 Å². The highest BCUT2D eigenvalue weighted by Gasteiger charge is 2.30. The van der Waals surface area contributed by atoms with Gasteiger partial charge in [-0.05, 0) is 49.1 Å². The Bertz CT molecular complexity index is 452. The van der Waals surface area contributed by atoms with Crippen LogP contribution in [-0.4, -0.2) is 49.6 Å². The summed E-state index contributed by atoms with van der Waals surface area (Å²) in [5.74, 6) is 1.00. The van der Waals surface area contributed by atoms with Crippen molar-refractivity contribution in [3.8, 4) is 5.75 Å². The minimum absolute atomic E-state index is 0.615. The van der Waals surface area contributed by atoms with Crippen molar-refractivity contribution in [1.29, 1.82) is 0 Å². The lowest BCUT2D eigenvalue weighted by molar-refractivity contribution is 0.0960. The predicted molar refractivity (Wildman–Crippen MR) is 82.4 cm³/mol. The second-order valence-electron chi connectivity index (χ2n) is 6.00. The first-order chi connectivity index (χ1) is 9.81. The second kappa shape index (κ2) is 6.15. The van der Waals surface area contributed by atoms with Crippen molar-refractivity contribution < 1.29 is 4.74 Å². The van der Waals surface area contributed by atoms with Gasteiger partial charge in [-0.1, -0.05) is 13.0 Å². The predicted octanol–water partition coefficient (Wildman–Crippen LogP) is 2.71. The van der Waals surface area contributed by atoms with Crippen LogP contribution in [0.5, 0.6) is 5.75 Å². The van der Waals surface area contributed by atoms with E-state index >= 15 is 0 Å². The zero-order valence-corrected chi connectivity index (χ0v) is 12.8. The minimum atomic E-state index is 0.615. The Hall–Kier alpha value is -1.06. The van der Waals surface area contributed by atoms with Crippen LogP contribution in [-0.2, 0) is 6.42 Å². The fourth-order valence-corrected chi connectivity index (χ4v) is 3.68. The molecule has 3 nitrogen and oxygen atoms in total. The Balaban J connectivity index is 1.69. The monoisotopic (exact) mass is 274 g/mol. The average molecular weight is 274 g/mol. The van der Waals surface area contributed by atoms with E-state index in [0.29, 0.717) is 6.04 Å². The Morgan fingerprint density at radius 2 is 2.00 bits per heavy atom. The maximum atomic E-state index is 5.40. The summed E-state index contributed by atoms with van der Waals surface area (Å²) >= 11 is 0. The van der Waals surface area contributed by atoms with Crippen molar-refractivity contribution in [3.05, 3.63) is 29.3 Å². The van der Waals surface area contributed by atoms with Crippen LogP contribution in [0.25, 0.3) is 0 Å². The van der Waals surface area contributed by atoms with E-state index in [4.69, 9.17) is 4.74 Å². The van der Waals surface area contributed by atoms with Crippen LogP contribution < -0.4 is 4.74 Å². The summed E-state index contributed by atoms with van der Waals surface area (Å²) in [7, 11) is 1.76. The maximum Gasteiger partial charge on any atom is 0.119 e. The van der Waals surface area contributed by atoms with E-state index in [0.717, 1.165) is 5.75 Å². The molecule has 0 radical (unpaired) electrons. The van der Waals surface area contributed by atoms with Gasteiger partial charge in [0.25, 0.3) is 0 Å². The second-order valence-corrected chi connectivity index (χ2v) is 6.00. The topological polar surface area (TPSA) is 15.7 Å². The largest absolute Gasteiger partial charge is 0.497 e. The van der Waals surface area contributed by atoms with Crippen molar-refractivity contribution in [3.63, 3.8) is 0 Å². The molecule has 1 fully saturated rings. The number of aryl methyl sites for hydroxylation is 1. The number of ether oxygens (including phenoxy) is 1. The number of hydrogen-bond donors (Lipinski definition) is 0. The molecule has 0 amide bonds. The molecule has 2 aliphatic rings. The third-order valence-corrected chi connectivity index (χ3v) is 4.79. The van der Waals surface area contributed by atoms with Gasteiger partial charge < -0.3 is 9.64 Å². The number of hydrogen-bond acceptors (Lipinski definition) is 3. The van der Waals surface area contributed by atoms with Crippen LogP contribution in [0.1, 0.15) is 36.9 Å². The first-order valence-electron chi connectivity index (χ1n) is 7.95. The molecule has 1 aromatic rings. The number of nitrogens with zero attached hydrogens (tertiary/aromatic N) is 2. The number of benzene rings is 1. The zero-order chi connectivity index (χ0) is 13.9. The van der Waals surface area contributed by atoms with E-state index in [-0.39, 0.29) is 0 Å². The molecule has 1 atom stereocenters. The van der Waals surface area contributed by atoms with Crippen molar-refractivity contribution in [2.24, 2.45) is 0 Å². The lowest BCUT2D eigenvalue weighted by atomic mass is 10.1. The van der Waals surface area contributed by atoms with Gasteiger partial charge in [-0.2, -0.15) is 0 Å². The van der Waals surface area contributed by atoms with Gasteiger partial charge in [-0.3, -0.25) is 4.90 Å². The van der Waals surface area contributed by atoms with E-state index in [1.165, 1.54) is 63.1 Å². The lowest BCUT2D eigenvalue weighted by Crippen LogP contribution is -2.47. The van der Waals surface area contributed by atoms with E-state index in [2.05, 4.69) is 34.9 Å². The lowest BCUT2D eigenvalue weighted by Gasteiger charge is -2.38. The van der Waals surface area contributed by atoms with Gasteiger partial charge in [0, 0.05) is 32.2 Å². The van der Waals surface area contributed by atoms with Crippen molar-refractivity contribution in [2.45, 2.75) is 32.2 Å². The van der Waals surface area contributed by atoms with Crippen molar-refractivity contribution >= 4 is 0 Å². The summed E-state index contributed by atoms with van der Waals surface area (Å²) in [6, 6.07) is 7.22. The first kappa shape index (κ1) is 13.9. The summed E-state index contributed by atoms with van der Waals surface area (Å²) in [6.45, 7) is 8.39. The molecule has 0 spiro atoms. The fourth-order valence-electron chi connectivity index (χ4n) is 3.68. The number of methoxy groups -OCH3 is 1. The molecule has 1 heterocycles. The van der Waals surface area contributed by atoms with E-state index < -0.39 is 0 Å². The Morgan fingerprint density at radius 3 is 2.70 bits per heavy atom. The normalized spacial score (nSPS) is 23.8. The van der Waals surface area contributed by atoms with Gasteiger partial charge in [0.15, 0.2) is 0 Å². The maximum absolute atomic E-state index is 5.40. The van der Waals surface area contributed by atoms with Crippen LogP contribution >= 0.6 is 0 Å². The third kappa shape index (κ3) is 2.70. The van der Waals surface area contributed by atoms with Crippen molar-refractivity contribution in [1.82, 2.24) is 9.80 Å². The van der Waals surface area contributed by atoms with Gasteiger partial charge in [0.05, 0.1) is 7.11 Å². The van der Waals surface area contributed by atoms with Gasteiger partial charge in [0.1, 0.15) is 5.75 Å². The minimum Gasteiger partial charge on any atom is -0.497 e. The molecule has 0 N–H and O–H groups in total. The molecule has 1 aliphatic heterocycles. The number of fused-ring (bicyclic) bond motifs is 1. The van der Waals surface area contributed by atoms with Gasteiger partial charge in [-0.15, -0.1) is 0 Å². The molecular formula is C17H26N2O. The molecular weight excluding hydrogens is 248 g/mol. The number of piperazine rings is 1. The van der Waals surface area contributed by atoms with Crippen LogP contribution in [0.4, 0.5) is 0 Å². The molecule has 110 valence electrons. The summed E-state index contributed by atoms with van der Waals surface area (Å²) in [5.41, 5.74) is 3.03. The van der Waals surface area contributed by atoms with Crippen LogP contribution in [0.3, 0.4) is 0 Å². The SMILES string of the molecule is CCCN1CCN(C2CCc3ccc(OC)cc32)CC1. The molecule has 20 heavy (non-hydrogen) atoms. The summed E-state index contributed by atoms with van der Waals surface area (Å²) < 4.78 is 5.40. The van der Waals surface area contributed by atoms with Gasteiger partial charge >= 0.3 is 0 Å². The van der Waals surface area contributed by atoms with Gasteiger partial charge in [0.2, 0.25) is 0 Å². The smallest absolute Gasteiger partial charge is 0.119 e. The Labute approximate surface area is 122 Å². The summed E-state index contributed by atoms with van der Waals surface area (Å²) in [5, 5.41) is 0. The zero-order valence-electron chi connectivity index (χ0n) is 12.8. The first-order valence-corrected chi connectivity index (χ1v) is 7.95. The molecule has 1 unspecified atom stereocenters. The molecule has 1 aromatic carbocycles. The van der Waals surface area contributed by atoms with Crippen molar-refractivity contribution in [2.75, 3.05) is 39.8 Å². The van der Waals surface area contributed by atoms with E-state index in [1.807, 2.05) is 0 Å². The summed E-state index contributed by atoms with van der Waals surface area (Å²) in [6.07, 6.45) is 3.76. The Morgan fingerprint density at radius 1 is 1.20 bits per heavy atom. The van der Waals surface area contributed by atoms with Crippen LogP contribution in [0.2, 0.25) is 0 Å². The average Bonchev–Trinajstić information content (AvgIpc) is 2.91. The standard InChI is InChI=1S/C17H26N2O/c1-3-8-18-9-11-19(12-10-18)17-7-5-14-4-6-15(20-2)13-16(14)17/h4,6,13,17H,3,5,7-12H2,1-2H3. The third-order valence-electron chi connectivity index (χ3n) is 4.79. The molecule has 0 saturated carbocycles. The molecule has 1 aliphatic carbocycles. The summed E-state index contributed by atoms with van der Waals surface area (Å²) in [4.78, 5) is 5.27. The van der Waals surface area contributed by atoms with Gasteiger partial charge in [-0.25, -0.2) is 0 Å². The van der Waals surface area contributed by atoms with Crippen LogP contribution in [0.15, 0.2) is 18.2 Å². The quantitative estimate of drug-likeness (QED) is 0.839. The highest BCUT2D eigenvalue weighted by molar-refractivity contribution is 5.40. The molecule has 0 aromatic heterocycles. The molecule has 3 heteroatoms. The molecule has 3 rings (SSSR count). The molecule has 1 saturated heterocycles. The number of rotatable bonds is 4. The highest BCUT2D eigenvalue weighted by Crippen LogP contribution is 2.38. The van der Waals surface area contributed by atoms with E-state index in [9.17, 15) is 0 Å². The fraction of sp³-hybridized carbons (Fsp3) is 0.647. The van der Waals surface area contributed by atoms with Crippen LogP contribution in [0, 0.1) is 0 Å². The Kier molecular flexibility index (Phi) is 4.27. The molecule has 0 bridgehead atoms. The highest BCUT2D eigenvalue weighted by atomic mass is 16.5.